The standard InChI is InChI=1S/C21H24N6O2/c1-26-13-17(12-24-26)19-8-14-9-20(23-11-16(14)10-22-19)25-21(28)15-6-18(7-15)27-2-4-29-5-3-27/h8-13,15,18H,2-7H2,1H3,(H,23,25,28). The monoisotopic (exact) mass is 392 g/mol. The summed E-state index contributed by atoms with van der Waals surface area (Å²) < 4.78 is 7.16. The summed E-state index contributed by atoms with van der Waals surface area (Å²) in [6.45, 7) is 3.53. The summed E-state index contributed by atoms with van der Waals surface area (Å²) in [6, 6.07) is 4.42. The molecule has 0 unspecified atom stereocenters. The van der Waals surface area contributed by atoms with Crippen LogP contribution in [0.15, 0.2) is 36.9 Å². The molecule has 5 rings (SSSR count). The van der Waals surface area contributed by atoms with E-state index in [1.807, 2.05) is 25.4 Å². The third kappa shape index (κ3) is 3.73. The number of fused-ring (bicyclic) bond motifs is 1. The lowest BCUT2D eigenvalue weighted by molar-refractivity contribution is -0.125. The maximum atomic E-state index is 12.6. The molecule has 0 aromatic carbocycles. The summed E-state index contributed by atoms with van der Waals surface area (Å²) >= 11 is 0. The smallest absolute Gasteiger partial charge is 0.228 e. The van der Waals surface area contributed by atoms with Gasteiger partial charge in [-0.25, -0.2) is 4.98 Å². The van der Waals surface area contributed by atoms with Gasteiger partial charge in [0.25, 0.3) is 0 Å². The summed E-state index contributed by atoms with van der Waals surface area (Å²) in [5, 5.41) is 9.12. The Morgan fingerprint density at radius 2 is 1.90 bits per heavy atom. The molecule has 2 aliphatic rings. The van der Waals surface area contributed by atoms with Gasteiger partial charge in [-0.3, -0.25) is 19.4 Å². The third-order valence-electron chi connectivity index (χ3n) is 5.90. The van der Waals surface area contributed by atoms with Gasteiger partial charge in [0.2, 0.25) is 5.91 Å². The van der Waals surface area contributed by atoms with Gasteiger partial charge in [-0.15, -0.1) is 0 Å². The molecule has 0 radical (unpaired) electrons. The first-order chi connectivity index (χ1) is 14.2. The number of carbonyl (C=O) groups excluding carboxylic acids is 1. The van der Waals surface area contributed by atoms with Crippen LogP contribution in [0.4, 0.5) is 5.82 Å². The summed E-state index contributed by atoms with van der Waals surface area (Å²) in [5.41, 5.74) is 1.81. The Kier molecular flexibility index (Phi) is 4.73. The SMILES string of the molecule is Cn1cc(-c2cc3cc(NC(=O)C4CC(N5CCOCC5)C4)ncc3cn2)cn1. The van der Waals surface area contributed by atoms with Crippen molar-refractivity contribution in [2.45, 2.75) is 18.9 Å². The Bertz CT molecular complexity index is 1040. The third-order valence-corrected chi connectivity index (χ3v) is 5.90. The molecule has 8 nitrogen and oxygen atoms in total. The summed E-state index contributed by atoms with van der Waals surface area (Å²) in [6.07, 6.45) is 9.10. The number of ether oxygens (including phenoxy) is 1. The molecule has 1 aliphatic carbocycles. The van der Waals surface area contributed by atoms with Crippen LogP contribution in [-0.4, -0.2) is 62.9 Å². The zero-order valence-corrected chi connectivity index (χ0v) is 16.4. The van der Waals surface area contributed by atoms with Gasteiger partial charge in [0.05, 0.1) is 25.1 Å². The van der Waals surface area contributed by atoms with E-state index in [1.54, 1.807) is 23.3 Å². The van der Waals surface area contributed by atoms with Crippen molar-refractivity contribution in [3.05, 3.63) is 36.9 Å². The van der Waals surface area contributed by atoms with Crippen molar-refractivity contribution in [1.29, 1.82) is 0 Å². The first-order valence-electron chi connectivity index (χ1n) is 10.0. The minimum Gasteiger partial charge on any atom is -0.379 e. The first kappa shape index (κ1) is 18.2. The Morgan fingerprint density at radius 1 is 1.10 bits per heavy atom. The van der Waals surface area contributed by atoms with E-state index in [9.17, 15) is 4.79 Å². The molecule has 1 amide bonds. The molecule has 1 N–H and O–H groups in total. The molecule has 8 heteroatoms. The van der Waals surface area contributed by atoms with E-state index < -0.39 is 0 Å². The van der Waals surface area contributed by atoms with Crippen LogP contribution in [0.25, 0.3) is 22.0 Å². The van der Waals surface area contributed by atoms with Crippen LogP contribution in [0.2, 0.25) is 0 Å². The van der Waals surface area contributed by atoms with E-state index in [-0.39, 0.29) is 11.8 Å². The predicted octanol–water partition coefficient (Wildman–Crippen LogP) is 2.08. The van der Waals surface area contributed by atoms with E-state index in [0.29, 0.717) is 11.9 Å². The Balaban J connectivity index is 1.26. The van der Waals surface area contributed by atoms with E-state index in [1.165, 1.54) is 0 Å². The number of hydrogen-bond donors (Lipinski definition) is 1. The molecule has 2 fully saturated rings. The normalized spacial score (nSPS) is 22.4. The van der Waals surface area contributed by atoms with Crippen LogP contribution in [0.1, 0.15) is 12.8 Å². The summed E-state index contributed by atoms with van der Waals surface area (Å²) in [5.74, 6) is 0.701. The van der Waals surface area contributed by atoms with Crippen LogP contribution in [0, 0.1) is 5.92 Å². The van der Waals surface area contributed by atoms with Gasteiger partial charge in [-0.2, -0.15) is 5.10 Å². The Morgan fingerprint density at radius 3 is 2.66 bits per heavy atom. The van der Waals surface area contributed by atoms with Crippen LogP contribution in [-0.2, 0) is 16.6 Å². The van der Waals surface area contributed by atoms with Crippen molar-refractivity contribution in [3.8, 4) is 11.3 Å². The van der Waals surface area contributed by atoms with Crippen molar-refractivity contribution in [3.63, 3.8) is 0 Å². The molecule has 0 atom stereocenters. The largest absolute Gasteiger partial charge is 0.379 e. The van der Waals surface area contributed by atoms with Crippen LogP contribution in [0.3, 0.4) is 0 Å². The number of rotatable bonds is 4. The number of aromatic nitrogens is 4. The van der Waals surface area contributed by atoms with Crippen molar-refractivity contribution >= 4 is 22.5 Å². The number of pyridine rings is 2. The van der Waals surface area contributed by atoms with Gasteiger partial charge in [-0.1, -0.05) is 0 Å². The zero-order chi connectivity index (χ0) is 19.8. The second-order valence-corrected chi connectivity index (χ2v) is 7.85. The lowest BCUT2D eigenvalue weighted by Gasteiger charge is -2.43. The molecule has 1 aliphatic heterocycles. The van der Waals surface area contributed by atoms with E-state index in [4.69, 9.17) is 4.74 Å². The fourth-order valence-corrected chi connectivity index (χ4v) is 4.09. The predicted molar refractivity (Wildman–Crippen MR) is 109 cm³/mol. The minimum absolute atomic E-state index is 0.0582. The highest BCUT2D eigenvalue weighted by molar-refractivity contribution is 5.95. The number of nitrogens with zero attached hydrogens (tertiary/aromatic N) is 5. The number of amides is 1. The average molecular weight is 392 g/mol. The molecule has 1 saturated heterocycles. The quantitative estimate of drug-likeness (QED) is 0.732. The van der Waals surface area contributed by atoms with Gasteiger partial charge in [0, 0.05) is 61.6 Å². The van der Waals surface area contributed by atoms with Gasteiger partial charge < -0.3 is 10.1 Å². The lowest BCUT2D eigenvalue weighted by atomic mass is 9.78. The van der Waals surface area contributed by atoms with Crippen molar-refractivity contribution in [1.82, 2.24) is 24.6 Å². The topological polar surface area (TPSA) is 85.2 Å². The molecule has 1 saturated carbocycles. The van der Waals surface area contributed by atoms with Crippen LogP contribution >= 0.6 is 0 Å². The second-order valence-electron chi connectivity index (χ2n) is 7.85. The maximum absolute atomic E-state index is 12.6. The Labute approximate surface area is 168 Å². The van der Waals surface area contributed by atoms with Crippen molar-refractivity contribution in [2.24, 2.45) is 13.0 Å². The molecular weight excluding hydrogens is 368 g/mol. The van der Waals surface area contributed by atoms with Gasteiger partial charge >= 0.3 is 0 Å². The highest BCUT2D eigenvalue weighted by atomic mass is 16.5. The average Bonchev–Trinajstić information content (AvgIpc) is 3.13. The van der Waals surface area contributed by atoms with Gasteiger partial charge in [0.15, 0.2) is 0 Å². The number of aryl methyl sites for hydroxylation is 1. The summed E-state index contributed by atoms with van der Waals surface area (Å²) in [7, 11) is 1.88. The maximum Gasteiger partial charge on any atom is 0.228 e. The molecule has 29 heavy (non-hydrogen) atoms. The van der Waals surface area contributed by atoms with Crippen LogP contribution < -0.4 is 5.32 Å². The molecule has 3 aromatic rings. The lowest BCUT2D eigenvalue weighted by Crippen LogP contribution is -2.52. The van der Waals surface area contributed by atoms with Gasteiger partial charge in [-0.05, 0) is 30.4 Å². The minimum atomic E-state index is 0.0582. The Hall–Kier alpha value is -2.84. The fraction of sp³-hybridized carbons (Fsp3) is 0.429. The highest BCUT2D eigenvalue weighted by Gasteiger charge is 2.38. The molecule has 4 heterocycles. The number of anilines is 1. The number of hydrogen-bond acceptors (Lipinski definition) is 6. The zero-order valence-electron chi connectivity index (χ0n) is 16.4. The molecule has 0 spiro atoms. The fourth-order valence-electron chi connectivity index (χ4n) is 4.09. The highest BCUT2D eigenvalue weighted by Crippen LogP contribution is 2.33. The van der Waals surface area contributed by atoms with E-state index in [0.717, 1.165) is 61.2 Å². The van der Waals surface area contributed by atoms with Crippen molar-refractivity contribution < 1.29 is 9.53 Å². The number of morpholine rings is 1. The second kappa shape index (κ2) is 7.53. The van der Waals surface area contributed by atoms with Gasteiger partial charge in [0.1, 0.15) is 5.82 Å². The van der Waals surface area contributed by atoms with E-state index >= 15 is 0 Å². The molecular formula is C21H24N6O2. The molecule has 3 aromatic heterocycles. The van der Waals surface area contributed by atoms with E-state index in [2.05, 4.69) is 25.3 Å². The van der Waals surface area contributed by atoms with Crippen LogP contribution in [0.5, 0.6) is 0 Å². The first-order valence-corrected chi connectivity index (χ1v) is 10.0. The number of carbonyl (C=O) groups is 1. The molecule has 0 bridgehead atoms. The summed E-state index contributed by atoms with van der Waals surface area (Å²) in [4.78, 5) is 23.9. The van der Waals surface area contributed by atoms with Crippen molar-refractivity contribution in [2.75, 3.05) is 31.6 Å². The molecule has 150 valence electrons. The number of nitrogens with one attached hydrogen (secondary N) is 1.